The number of fused-ring (bicyclic) bond motifs is 1. The lowest BCUT2D eigenvalue weighted by molar-refractivity contribution is -0.0924. The van der Waals surface area contributed by atoms with E-state index in [1.165, 1.54) is 0 Å². The fourth-order valence-corrected chi connectivity index (χ4v) is 3.62. The van der Waals surface area contributed by atoms with Crippen LogP contribution in [0.5, 0.6) is 0 Å². The van der Waals surface area contributed by atoms with Gasteiger partial charge in [-0.25, -0.2) is 9.97 Å². The molecule has 0 radical (unpaired) electrons. The smallest absolute Gasteiger partial charge is 0.126 e. The number of nitrogen functional groups attached to an aromatic ring is 1. The average molecular weight is 315 g/mol. The van der Waals surface area contributed by atoms with Crippen molar-refractivity contribution in [2.75, 3.05) is 30.8 Å². The van der Waals surface area contributed by atoms with Gasteiger partial charge in [-0.05, 0) is 6.07 Å². The van der Waals surface area contributed by atoms with Gasteiger partial charge in [0.1, 0.15) is 5.82 Å². The summed E-state index contributed by atoms with van der Waals surface area (Å²) in [7, 11) is 0. The molecule has 3 aromatic heterocycles. The lowest BCUT2D eigenvalue weighted by Gasteiger charge is -2.38. The molecule has 114 valence electrons. The van der Waals surface area contributed by atoms with Gasteiger partial charge in [0.15, 0.2) is 0 Å². The van der Waals surface area contributed by atoms with Gasteiger partial charge >= 0.3 is 0 Å². The van der Waals surface area contributed by atoms with Crippen molar-refractivity contribution in [1.29, 1.82) is 0 Å². The maximum Gasteiger partial charge on any atom is 0.126 e. The summed E-state index contributed by atoms with van der Waals surface area (Å²) in [6, 6.07) is 3.95. The van der Waals surface area contributed by atoms with Gasteiger partial charge in [-0.15, -0.1) is 11.3 Å². The molecule has 7 heteroatoms. The van der Waals surface area contributed by atoms with Crippen LogP contribution in [0.1, 0.15) is 6.92 Å². The number of anilines is 2. The second kappa shape index (κ2) is 4.96. The Morgan fingerprint density at radius 2 is 2.32 bits per heavy atom. The molecule has 0 bridgehead atoms. The van der Waals surface area contributed by atoms with Gasteiger partial charge in [0.25, 0.3) is 0 Å². The van der Waals surface area contributed by atoms with Crippen molar-refractivity contribution in [2.24, 2.45) is 5.41 Å². The van der Waals surface area contributed by atoms with E-state index < -0.39 is 0 Å². The molecule has 3 aromatic rings. The second-order valence-corrected chi connectivity index (χ2v) is 7.09. The maximum absolute atomic E-state index is 5.95. The van der Waals surface area contributed by atoms with E-state index in [-0.39, 0.29) is 5.41 Å². The zero-order valence-electron chi connectivity index (χ0n) is 12.2. The molecule has 4 N–H and O–H groups in total. The Balaban J connectivity index is 1.70. The third-order valence-corrected chi connectivity index (χ3v) is 5.06. The first kappa shape index (κ1) is 13.5. The van der Waals surface area contributed by atoms with E-state index in [2.05, 4.69) is 27.2 Å². The number of hydrogen-bond donors (Lipinski definition) is 3. The first-order valence-electron chi connectivity index (χ1n) is 7.13. The quantitative estimate of drug-likeness (QED) is 0.689. The predicted octanol–water partition coefficient (Wildman–Crippen LogP) is 2.72. The van der Waals surface area contributed by atoms with E-state index in [9.17, 15) is 0 Å². The van der Waals surface area contributed by atoms with E-state index in [0.717, 1.165) is 46.2 Å². The van der Waals surface area contributed by atoms with E-state index in [4.69, 9.17) is 10.5 Å². The van der Waals surface area contributed by atoms with Crippen molar-refractivity contribution in [3.63, 3.8) is 0 Å². The van der Waals surface area contributed by atoms with Crippen LogP contribution >= 0.6 is 11.3 Å². The number of H-pyrrole nitrogens is 1. The molecule has 0 atom stereocenters. The van der Waals surface area contributed by atoms with Crippen LogP contribution in [0.4, 0.5) is 11.5 Å². The molecule has 1 aliphatic heterocycles. The summed E-state index contributed by atoms with van der Waals surface area (Å²) >= 11 is 1.68. The van der Waals surface area contributed by atoms with Crippen LogP contribution in [0.25, 0.3) is 20.8 Å². The summed E-state index contributed by atoms with van der Waals surface area (Å²) in [6.45, 7) is 4.68. The molecular weight excluding hydrogens is 298 g/mol. The standard InChI is InChI=1S/C15H17N5OS/c1-15(6-21-7-15)5-18-9-3-13(16)20-10-2-12(22-14(9)10)11-4-17-8-19-11/h2-4,8H,5-7H2,1H3,(H,17,19)(H3,16,18,20). The first-order chi connectivity index (χ1) is 10.6. The van der Waals surface area contributed by atoms with Crippen LogP contribution in [0.3, 0.4) is 0 Å². The van der Waals surface area contributed by atoms with E-state index in [0.29, 0.717) is 5.82 Å². The highest BCUT2D eigenvalue weighted by Gasteiger charge is 2.33. The van der Waals surface area contributed by atoms with Crippen molar-refractivity contribution in [3.8, 4) is 10.6 Å². The van der Waals surface area contributed by atoms with Gasteiger partial charge < -0.3 is 20.8 Å². The number of pyridine rings is 1. The molecule has 1 saturated heterocycles. The number of aromatic amines is 1. The lowest BCUT2D eigenvalue weighted by atomic mass is 9.89. The minimum atomic E-state index is 0.202. The van der Waals surface area contributed by atoms with Crippen molar-refractivity contribution in [2.45, 2.75) is 6.92 Å². The van der Waals surface area contributed by atoms with Crippen molar-refractivity contribution < 1.29 is 4.74 Å². The van der Waals surface area contributed by atoms with E-state index in [1.54, 1.807) is 17.7 Å². The number of nitrogens with two attached hydrogens (primary N) is 1. The van der Waals surface area contributed by atoms with Crippen molar-refractivity contribution in [1.82, 2.24) is 15.0 Å². The predicted molar refractivity (Wildman–Crippen MR) is 89.0 cm³/mol. The number of ether oxygens (including phenoxy) is 1. The highest BCUT2D eigenvalue weighted by Crippen LogP contribution is 2.37. The second-order valence-electron chi connectivity index (χ2n) is 6.04. The summed E-state index contributed by atoms with van der Waals surface area (Å²) in [5.74, 6) is 0.527. The summed E-state index contributed by atoms with van der Waals surface area (Å²) < 4.78 is 6.42. The largest absolute Gasteiger partial charge is 0.384 e. The SMILES string of the molecule is CC1(CNc2cc(N)nc3cc(-c4cnc[nH]4)sc23)COC1. The Hall–Kier alpha value is -2.12. The molecule has 0 aliphatic carbocycles. The molecule has 0 saturated carbocycles. The van der Waals surface area contributed by atoms with Gasteiger partial charge in [0, 0.05) is 18.0 Å². The minimum Gasteiger partial charge on any atom is -0.384 e. The zero-order valence-corrected chi connectivity index (χ0v) is 13.0. The maximum atomic E-state index is 5.95. The first-order valence-corrected chi connectivity index (χ1v) is 7.95. The highest BCUT2D eigenvalue weighted by molar-refractivity contribution is 7.22. The number of imidazole rings is 1. The molecule has 22 heavy (non-hydrogen) atoms. The Kier molecular flexibility index (Phi) is 3.05. The molecule has 0 unspecified atom stereocenters. The summed E-state index contributed by atoms with van der Waals surface area (Å²) in [5.41, 5.74) is 9.08. The summed E-state index contributed by atoms with van der Waals surface area (Å²) in [4.78, 5) is 12.7. The number of rotatable bonds is 4. The Bertz CT molecular complexity index is 807. The van der Waals surface area contributed by atoms with Gasteiger partial charge in [-0.2, -0.15) is 0 Å². The van der Waals surface area contributed by atoms with Crippen molar-refractivity contribution in [3.05, 3.63) is 24.7 Å². The number of nitrogens with one attached hydrogen (secondary N) is 2. The van der Waals surface area contributed by atoms with Crippen LogP contribution in [-0.4, -0.2) is 34.7 Å². The van der Waals surface area contributed by atoms with Crippen molar-refractivity contribution >= 4 is 33.1 Å². The van der Waals surface area contributed by atoms with Gasteiger partial charge in [0.2, 0.25) is 0 Å². The zero-order chi connectivity index (χ0) is 15.2. The minimum absolute atomic E-state index is 0.202. The van der Waals surface area contributed by atoms with Gasteiger partial charge in [-0.3, -0.25) is 0 Å². The monoisotopic (exact) mass is 315 g/mol. The number of hydrogen-bond acceptors (Lipinski definition) is 6. The molecule has 0 amide bonds. The Morgan fingerprint density at radius 1 is 1.45 bits per heavy atom. The van der Waals surface area contributed by atoms with Crippen LogP contribution < -0.4 is 11.1 Å². The fraction of sp³-hybridized carbons (Fsp3) is 0.333. The Morgan fingerprint density at radius 3 is 3.00 bits per heavy atom. The van der Waals surface area contributed by atoms with Crippen LogP contribution in [0.2, 0.25) is 0 Å². The molecule has 1 aliphatic rings. The average Bonchev–Trinajstić information content (AvgIpc) is 3.10. The summed E-state index contributed by atoms with van der Waals surface area (Å²) in [6.07, 6.45) is 3.49. The van der Waals surface area contributed by atoms with Gasteiger partial charge in [0.05, 0.1) is 52.2 Å². The molecule has 1 fully saturated rings. The normalized spacial score (nSPS) is 16.6. The van der Waals surface area contributed by atoms with Crippen LogP contribution in [0, 0.1) is 5.41 Å². The van der Waals surface area contributed by atoms with E-state index in [1.807, 2.05) is 18.3 Å². The highest BCUT2D eigenvalue weighted by atomic mass is 32.1. The molecule has 0 aromatic carbocycles. The number of thiophene rings is 1. The van der Waals surface area contributed by atoms with E-state index >= 15 is 0 Å². The third-order valence-electron chi connectivity index (χ3n) is 3.87. The molecule has 6 nitrogen and oxygen atoms in total. The lowest BCUT2D eigenvalue weighted by Crippen LogP contribution is -2.45. The van der Waals surface area contributed by atoms with Gasteiger partial charge in [-0.1, -0.05) is 6.92 Å². The Labute approximate surface area is 131 Å². The third kappa shape index (κ3) is 2.32. The topological polar surface area (TPSA) is 88.9 Å². The fourth-order valence-electron chi connectivity index (χ4n) is 2.56. The van der Waals surface area contributed by atoms with Crippen LogP contribution in [-0.2, 0) is 4.74 Å². The molecular formula is C15H17N5OS. The molecule has 4 heterocycles. The molecule has 4 rings (SSSR count). The van der Waals surface area contributed by atoms with Crippen LogP contribution in [0.15, 0.2) is 24.7 Å². The molecule has 0 spiro atoms. The summed E-state index contributed by atoms with van der Waals surface area (Å²) in [5, 5.41) is 3.51. The number of nitrogens with zero attached hydrogens (tertiary/aromatic N) is 2. The number of aromatic nitrogens is 3.